The van der Waals surface area contributed by atoms with Gasteiger partial charge in [0.2, 0.25) is 0 Å². The molecule has 0 radical (unpaired) electrons. The Labute approximate surface area is 208 Å². The van der Waals surface area contributed by atoms with E-state index in [9.17, 15) is 4.79 Å². The Morgan fingerprint density at radius 2 is 1.94 bits per heavy atom. The van der Waals surface area contributed by atoms with Crippen molar-refractivity contribution in [1.29, 1.82) is 0 Å². The Balaban J connectivity index is 1.63. The quantitative estimate of drug-likeness (QED) is 0.523. The van der Waals surface area contributed by atoms with Crippen LogP contribution in [0.1, 0.15) is 70.2 Å². The molecule has 8 heteroatoms. The lowest BCUT2D eigenvalue weighted by Gasteiger charge is -2.46. The number of ether oxygens (including phenoxy) is 1. The van der Waals surface area contributed by atoms with E-state index < -0.39 is 0 Å². The summed E-state index contributed by atoms with van der Waals surface area (Å²) in [7, 11) is 1.78. The summed E-state index contributed by atoms with van der Waals surface area (Å²) < 4.78 is 7.97. The molecular formula is C27H40N6O2. The first-order chi connectivity index (χ1) is 16.4. The minimum Gasteiger partial charge on any atom is -0.375 e. The molecule has 1 fully saturated rings. The van der Waals surface area contributed by atoms with Gasteiger partial charge in [-0.1, -0.05) is 6.07 Å². The normalized spacial score (nSPS) is 19.7. The maximum atomic E-state index is 12.8. The third-order valence-corrected chi connectivity index (χ3v) is 8.30. The number of pyridine rings is 1. The molecular weight excluding hydrogens is 440 g/mol. The molecule has 35 heavy (non-hydrogen) atoms. The molecule has 1 aliphatic rings. The second-order valence-electron chi connectivity index (χ2n) is 11.1. The topological polar surface area (TPSA) is 88.9 Å². The van der Waals surface area contributed by atoms with Crippen LogP contribution in [0.25, 0.3) is 11.0 Å². The highest BCUT2D eigenvalue weighted by Crippen LogP contribution is 2.49. The molecule has 0 spiro atoms. The summed E-state index contributed by atoms with van der Waals surface area (Å²) in [5.41, 5.74) is 3.54. The monoisotopic (exact) mass is 480 g/mol. The molecule has 0 bridgehead atoms. The van der Waals surface area contributed by atoms with E-state index in [1.54, 1.807) is 11.7 Å². The van der Waals surface area contributed by atoms with E-state index in [0.29, 0.717) is 29.9 Å². The number of aromatic nitrogens is 5. The molecule has 1 atom stereocenters. The SMILES string of the molecule is CCOC(C)(C)[C@]1(CCc2nc3c(C)nn(C)c3c(=O)[nH]2)CCN(C(C)(C)c2ccc(C)nc2)C1. The van der Waals surface area contributed by atoms with Crippen molar-refractivity contribution in [2.45, 2.75) is 78.9 Å². The Morgan fingerprint density at radius 1 is 1.20 bits per heavy atom. The number of nitrogens with one attached hydrogen (secondary N) is 1. The molecule has 0 aromatic carbocycles. The van der Waals surface area contributed by atoms with Gasteiger partial charge in [-0.3, -0.25) is 19.4 Å². The van der Waals surface area contributed by atoms with Gasteiger partial charge in [0.25, 0.3) is 5.56 Å². The first-order valence-corrected chi connectivity index (χ1v) is 12.6. The smallest absolute Gasteiger partial charge is 0.277 e. The van der Waals surface area contributed by atoms with Crippen LogP contribution in [0, 0.1) is 19.3 Å². The lowest BCUT2D eigenvalue weighted by molar-refractivity contribution is -0.109. The maximum absolute atomic E-state index is 12.8. The Kier molecular flexibility index (Phi) is 6.66. The highest BCUT2D eigenvalue weighted by Gasteiger charge is 2.52. The molecule has 0 aliphatic carbocycles. The van der Waals surface area contributed by atoms with Crippen LogP contribution in [0.2, 0.25) is 0 Å². The van der Waals surface area contributed by atoms with Crippen molar-refractivity contribution in [2.75, 3.05) is 19.7 Å². The van der Waals surface area contributed by atoms with Gasteiger partial charge in [-0.15, -0.1) is 0 Å². The van der Waals surface area contributed by atoms with Crippen molar-refractivity contribution < 1.29 is 4.74 Å². The van der Waals surface area contributed by atoms with Gasteiger partial charge in [0.05, 0.1) is 11.3 Å². The summed E-state index contributed by atoms with van der Waals surface area (Å²) in [6.07, 6.45) is 4.56. The zero-order valence-corrected chi connectivity index (χ0v) is 22.5. The second-order valence-corrected chi connectivity index (χ2v) is 11.1. The zero-order valence-electron chi connectivity index (χ0n) is 22.5. The largest absolute Gasteiger partial charge is 0.375 e. The van der Waals surface area contributed by atoms with Crippen LogP contribution < -0.4 is 5.56 Å². The average molecular weight is 481 g/mol. The van der Waals surface area contributed by atoms with Crippen LogP contribution in [0.15, 0.2) is 23.1 Å². The van der Waals surface area contributed by atoms with Gasteiger partial charge in [0.15, 0.2) is 5.52 Å². The first kappa shape index (κ1) is 25.5. The number of likely N-dealkylation sites (tertiary alicyclic amines) is 1. The molecule has 0 saturated carbocycles. The fourth-order valence-corrected chi connectivity index (χ4v) is 5.74. The van der Waals surface area contributed by atoms with Gasteiger partial charge in [-0.25, -0.2) is 4.98 Å². The maximum Gasteiger partial charge on any atom is 0.277 e. The van der Waals surface area contributed by atoms with Crippen LogP contribution in [0.4, 0.5) is 0 Å². The van der Waals surface area contributed by atoms with Crippen molar-refractivity contribution in [2.24, 2.45) is 12.5 Å². The zero-order chi connectivity index (χ0) is 25.6. The third kappa shape index (κ3) is 4.54. The number of aromatic amines is 1. The fourth-order valence-electron chi connectivity index (χ4n) is 5.74. The lowest BCUT2D eigenvalue weighted by atomic mass is 9.69. The molecule has 0 unspecified atom stereocenters. The molecule has 1 aliphatic heterocycles. The van der Waals surface area contributed by atoms with E-state index in [4.69, 9.17) is 9.72 Å². The fraction of sp³-hybridized carbons (Fsp3) is 0.630. The van der Waals surface area contributed by atoms with E-state index >= 15 is 0 Å². The summed E-state index contributed by atoms with van der Waals surface area (Å²) in [4.78, 5) is 27.7. The van der Waals surface area contributed by atoms with E-state index in [0.717, 1.165) is 37.3 Å². The van der Waals surface area contributed by atoms with Gasteiger partial charge in [0, 0.05) is 49.5 Å². The number of nitrogens with zero attached hydrogens (tertiary/aromatic N) is 5. The lowest BCUT2D eigenvalue weighted by Crippen LogP contribution is -2.50. The van der Waals surface area contributed by atoms with Crippen LogP contribution >= 0.6 is 0 Å². The number of aryl methyl sites for hydroxylation is 4. The summed E-state index contributed by atoms with van der Waals surface area (Å²) in [6.45, 7) is 17.5. The predicted molar refractivity (Wildman–Crippen MR) is 139 cm³/mol. The van der Waals surface area contributed by atoms with E-state index in [1.807, 2.05) is 20.0 Å². The molecule has 1 N–H and O–H groups in total. The number of hydrogen-bond acceptors (Lipinski definition) is 6. The van der Waals surface area contributed by atoms with Crippen LogP contribution in [-0.4, -0.2) is 54.9 Å². The molecule has 3 aromatic rings. The van der Waals surface area contributed by atoms with Crippen molar-refractivity contribution in [1.82, 2.24) is 29.6 Å². The molecule has 0 amide bonds. The van der Waals surface area contributed by atoms with Gasteiger partial charge in [-0.2, -0.15) is 5.10 Å². The second kappa shape index (κ2) is 9.13. The molecule has 4 rings (SSSR count). The standard InChI is InChI=1S/C27H40N6O2/c1-9-35-26(6,7)27(13-12-21-29-22-19(3)31-32(8)23(22)24(34)30-21)14-15-33(17-27)25(4,5)20-11-10-18(2)28-16-20/h10-11,16H,9,12-15,17H2,1-8H3,(H,29,30,34)/t27-/m1/s1. The summed E-state index contributed by atoms with van der Waals surface area (Å²) in [6, 6.07) is 4.28. The summed E-state index contributed by atoms with van der Waals surface area (Å²) >= 11 is 0. The highest BCUT2D eigenvalue weighted by molar-refractivity contribution is 5.76. The van der Waals surface area contributed by atoms with Crippen molar-refractivity contribution >= 4 is 11.0 Å². The van der Waals surface area contributed by atoms with Crippen molar-refractivity contribution in [3.63, 3.8) is 0 Å². The summed E-state index contributed by atoms with van der Waals surface area (Å²) in [5.74, 6) is 0.714. The minimum atomic E-state index is -0.327. The van der Waals surface area contributed by atoms with Gasteiger partial charge >= 0.3 is 0 Å². The Hall–Kier alpha value is -2.58. The molecule has 8 nitrogen and oxygen atoms in total. The average Bonchev–Trinajstić information content (AvgIpc) is 3.36. The minimum absolute atomic E-state index is 0.0874. The number of fused-ring (bicyclic) bond motifs is 1. The van der Waals surface area contributed by atoms with Crippen molar-refractivity contribution in [3.8, 4) is 0 Å². The highest BCUT2D eigenvalue weighted by atomic mass is 16.5. The Bertz CT molecular complexity index is 1260. The third-order valence-electron chi connectivity index (χ3n) is 8.30. The number of rotatable bonds is 8. The van der Waals surface area contributed by atoms with Gasteiger partial charge in [0.1, 0.15) is 11.3 Å². The van der Waals surface area contributed by atoms with Crippen LogP contribution in [-0.2, 0) is 23.7 Å². The molecule has 190 valence electrons. The summed E-state index contributed by atoms with van der Waals surface area (Å²) in [5, 5.41) is 4.38. The van der Waals surface area contributed by atoms with Crippen LogP contribution in [0.5, 0.6) is 0 Å². The van der Waals surface area contributed by atoms with Crippen LogP contribution in [0.3, 0.4) is 0 Å². The first-order valence-electron chi connectivity index (χ1n) is 12.6. The van der Waals surface area contributed by atoms with Crippen molar-refractivity contribution in [3.05, 3.63) is 51.5 Å². The molecule has 4 heterocycles. The van der Waals surface area contributed by atoms with E-state index in [-0.39, 0.29) is 22.1 Å². The Morgan fingerprint density at radius 3 is 2.60 bits per heavy atom. The number of hydrogen-bond donors (Lipinski definition) is 1. The van der Waals surface area contributed by atoms with Gasteiger partial charge < -0.3 is 9.72 Å². The molecule has 1 saturated heterocycles. The van der Waals surface area contributed by atoms with Gasteiger partial charge in [-0.05, 0) is 79.5 Å². The van der Waals surface area contributed by atoms with E-state index in [1.165, 1.54) is 5.56 Å². The van der Waals surface area contributed by atoms with E-state index in [2.05, 4.69) is 66.7 Å². The number of H-pyrrole nitrogens is 1. The molecule has 3 aromatic heterocycles. The predicted octanol–water partition coefficient (Wildman–Crippen LogP) is 4.04.